The van der Waals surface area contributed by atoms with Crippen molar-refractivity contribution >= 4 is 0 Å². The van der Waals surface area contributed by atoms with Gasteiger partial charge in [-0.05, 0) is 6.20 Å². The van der Waals surface area contributed by atoms with Crippen molar-refractivity contribution in [2.75, 3.05) is 14.1 Å². The molecule has 0 unspecified atom stereocenters. The molecule has 0 aromatic carbocycles. The lowest BCUT2D eigenvalue weighted by Crippen LogP contribution is -1.97. The summed E-state index contributed by atoms with van der Waals surface area (Å²) in [6, 6.07) is 0. The molecular formula is C8H19N. The number of hydrogen-bond acceptors (Lipinski definition) is 1. The van der Waals surface area contributed by atoms with Crippen molar-refractivity contribution in [3.05, 3.63) is 12.8 Å². The summed E-state index contributed by atoms with van der Waals surface area (Å²) in [5.41, 5.74) is 0. The molecule has 0 N–H and O–H groups in total. The van der Waals surface area contributed by atoms with E-state index < -0.39 is 0 Å². The van der Waals surface area contributed by atoms with Crippen molar-refractivity contribution in [2.45, 2.75) is 26.7 Å². The third kappa shape index (κ3) is 35.9. The average Bonchev–Trinajstić information content (AvgIpc) is 1.89. The van der Waals surface area contributed by atoms with Crippen LogP contribution in [-0.2, 0) is 0 Å². The summed E-state index contributed by atoms with van der Waals surface area (Å²) in [5, 5.41) is 0. The van der Waals surface area contributed by atoms with E-state index in [1.54, 1.807) is 6.20 Å². The minimum Gasteiger partial charge on any atom is -0.384 e. The van der Waals surface area contributed by atoms with Gasteiger partial charge >= 0.3 is 0 Å². The van der Waals surface area contributed by atoms with Crippen LogP contribution in [0.1, 0.15) is 26.7 Å². The van der Waals surface area contributed by atoms with Crippen LogP contribution >= 0.6 is 0 Å². The van der Waals surface area contributed by atoms with E-state index in [9.17, 15) is 0 Å². The maximum absolute atomic E-state index is 3.49. The van der Waals surface area contributed by atoms with Gasteiger partial charge in [0.25, 0.3) is 0 Å². The number of hydrogen-bond donors (Lipinski definition) is 0. The summed E-state index contributed by atoms with van der Waals surface area (Å²) in [7, 11) is 3.88. The van der Waals surface area contributed by atoms with Gasteiger partial charge in [0.2, 0.25) is 0 Å². The first-order valence-electron chi connectivity index (χ1n) is 3.48. The van der Waals surface area contributed by atoms with Crippen LogP contribution in [0.4, 0.5) is 0 Å². The zero-order valence-electron chi connectivity index (χ0n) is 7.15. The Balaban J connectivity index is 0. The summed E-state index contributed by atoms with van der Waals surface area (Å²) in [5.74, 6) is 0. The van der Waals surface area contributed by atoms with Crippen LogP contribution in [0.5, 0.6) is 0 Å². The molecule has 0 aliphatic rings. The molecule has 0 aliphatic heterocycles. The Bertz CT molecular complexity index is 46.5. The first kappa shape index (κ1) is 11.4. The molecule has 9 heavy (non-hydrogen) atoms. The maximum atomic E-state index is 3.49. The highest BCUT2D eigenvalue weighted by Crippen LogP contribution is 1.76. The largest absolute Gasteiger partial charge is 0.384 e. The number of unbranched alkanes of at least 4 members (excludes halogenated alkanes) is 1. The summed E-state index contributed by atoms with van der Waals surface area (Å²) < 4.78 is 0. The van der Waals surface area contributed by atoms with E-state index >= 15 is 0 Å². The van der Waals surface area contributed by atoms with Crippen molar-refractivity contribution in [3.8, 4) is 0 Å². The first-order valence-corrected chi connectivity index (χ1v) is 3.48. The van der Waals surface area contributed by atoms with Crippen LogP contribution in [0, 0.1) is 0 Å². The fourth-order valence-electron chi connectivity index (χ4n) is 0. The summed E-state index contributed by atoms with van der Waals surface area (Å²) in [4.78, 5) is 1.89. The molecule has 0 aromatic heterocycles. The highest BCUT2D eigenvalue weighted by atomic mass is 15.0. The molecule has 0 fully saturated rings. The highest BCUT2D eigenvalue weighted by molar-refractivity contribution is 4.59. The van der Waals surface area contributed by atoms with Crippen LogP contribution < -0.4 is 0 Å². The van der Waals surface area contributed by atoms with E-state index in [4.69, 9.17) is 0 Å². The van der Waals surface area contributed by atoms with E-state index in [0.29, 0.717) is 0 Å². The molecule has 0 saturated carbocycles. The van der Waals surface area contributed by atoms with Gasteiger partial charge in [-0.1, -0.05) is 33.3 Å². The van der Waals surface area contributed by atoms with Crippen molar-refractivity contribution in [3.63, 3.8) is 0 Å². The van der Waals surface area contributed by atoms with Crippen molar-refractivity contribution in [1.29, 1.82) is 0 Å². The monoisotopic (exact) mass is 129 g/mol. The maximum Gasteiger partial charge on any atom is 0.00554 e. The Morgan fingerprint density at radius 3 is 1.44 bits per heavy atom. The second-order valence-corrected chi connectivity index (χ2v) is 2.15. The van der Waals surface area contributed by atoms with E-state index in [2.05, 4.69) is 20.4 Å². The molecule has 0 heterocycles. The average molecular weight is 129 g/mol. The van der Waals surface area contributed by atoms with Crippen LogP contribution in [0.25, 0.3) is 0 Å². The Kier molecular flexibility index (Phi) is 13.3. The zero-order valence-corrected chi connectivity index (χ0v) is 7.15. The number of nitrogens with zero attached hydrogens (tertiary/aromatic N) is 1. The van der Waals surface area contributed by atoms with Gasteiger partial charge in [-0.15, -0.1) is 0 Å². The third-order valence-corrected chi connectivity index (χ3v) is 0.865. The van der Waals surface area contributed by atoms with Gasteiger partial charge in [-0.2, -0.15) is 0 Å². The van der Waals surface area contributed by atoms with Crippen molar-refractivity contribution in [2.24, 2.45) is 0 Å². The molecule has 0 amide bonds. The standard InChI is InChI=1S/C4H9N.C4H10/c1-4-5(2)3;1-3-4-2/h4H,1H2,2-3H3;3-4H2,1-2H3. The SMILES string of the molecule is C=CN(C)C.CCCC. The van der Waals surface area contributed by atoms with Crippen LogP contribution in [0.15, 0.2) is 12.8 Å². The van der Waals surface area contributed by atoms with E-state index in [0.717, 1.165) is 0 Å². The smallest absolute Gasteiger partial charge is 0.00554 e. The zero-order chi connectivity index (χ0) is 7.70. The predicted octanol–water partition coefficient (Wildman–Crippen LogP) is 2.50. The van der Waals surface area contributed by atoms with Gasteiger partial charge in [-0.3, -0.25) is 0 Å². The fraction of sp³-hybridized carbons (Fsp3) is 0.750. The van der Waals surface area contributed by atoms with Gasteiger partial charge in [0, 0.05) is 14.1 Å². The van der Waals surface area contributed by atoms with Gasteiger partial charge in [0.1, 0.15) is 0 Å². The Morgan fingerprint density at radius 1 is 1.22 bits per heavy atom. The second-order valence-electron chi connectivity index (χ2n) is 2.15. The second kappa shape index (κ2) is 10.5. The van der Waals surface area contributed by atoms with Crippen molar-refractivity contribution < 1.29 is 0 Å². The molecule has 0 aromatic rings. The molecule has 1 heteroatoms. The Morgan fingerprint density at radius 2 is 1.44 bits per heavy atom. The number of rotatable bonds is 2. The fourth-order valence-corrected chi connectivity index (χ4v) is 0. The lowest BCUT2D eigenvalue weighted by Gasteiger charge is -1.98. The first-order chi connectivity index (χ1) is 4.18. The van der Waals surface area contributed by atoms with Crippen molar-refractivity contribution in [1.82, 2.24) is 4.90 Å². The van der Waals surface area contributed by atoms with Gasteiger partial charge < -0.3 is 4.90 Å². The van der Waals surface area contributed by atoms with Crippen LogP contribution in [0.3, 0.4) is 0 Å². The molecule has 0 aliphatic carbocycles. The topological polar surface area (TPSA) is 3.24 Å². The Labute approximate surface area is 59.4 Å². The van der Waals surface area contributed by atoms with E-state index in [1.165, 1.54) is 12.8 Å². The minimum atomic E-state index is 1.32. The van der Waals surface area contributed by atoms with E-state index in [-0.39, 0.29) is 0 Å². The molecule has 0 bridgehead atoms. The lowest BCUT2D eigenvalue weighted by molar-refractivity contribution is 0.566. The molecule has 1 nitrogen and oxygen atoms in total. The predicted molar refractivity (Wildman–Crippen MR) is 44.5 cm³/mol. The molecular weight excluding hydrogens is 110 g/mol. The normalized spacial score (nSPS) is 7.11. The van der Waals surface area contributed by atoms with Crippen LogP contribution in [0.2, 0.25) is 0 Å². The molecule has 0 spiro atoms. The molecule has 0 atom stereocenters. The van der Waals surface area contributed by atoms with Gasteiger partial charge in [0.05, 0.1) is 0 Å². The molecule has 0 rings (SSSR count). The third-order valence-electron chi connectivity index (χ3n) is 0.865. The molecule has 0 radical (unpaired) electrons. The Hall–Kier alpha value is -0.460. The summed E-state index contributed by atoms with van der Waals surface area (Å²) in [6.45, 7) is 7.85. The lowest BCUT2D eigenvalue weighted by atomic mass is 10.4. The summed E-state index contributed by atoms with van der Waals surface area (Å²) in [6.07, 6.45) is 4.39. The quantitative estimate of drug-likeness (QED) is 0.553. The minimum absolute atomic E-state index is 1.32. The van der Waals surface area contributed by atoms with Gasteiger partial charge in [-0.25, -0.2) is 0 Å². The summed E-state index contributed by atoms with van der Waals surface area (Å²) >= 11 is 0. The van der Waals surface area contributed by atoms with Gasteiger partial charge in [0.15, 0.2) is 0 Å². The molecule has 0 saturated heterocycles. The van der Waals surface area contributed by atoms with E-state index in [1.807, 2.05) is 19.0 Å². The van der Waals surface area contributed by atoms with Crippen LogP contribution in [-0.4, -0.2) is 19.0 Å². The highest BCUT2D eigenvalue weighted by Gasteiger charge is 1.62. The molecule has 56 valence electrons.